The van der Waals surface area contributed by atoms with E-state index >= 15 is 0 Å². The Hall–Kier alpha value is -4.38. The van der Waals surface area contributed by atoms with Gasteiger partial charge in [-0.3, -0.25) is 4.79 Å². The van der Waals surface area contributed by atoms with E-state index < -0.39 is 6.04 Å². The number of nitrogens with two attached hydrogens (primary N) is 2. The maximum atomic E-state index is 13.4. The molecule has 1 atom stereocenters. The second kappa shape index (κ2) is 7.56. The third kappa shape index (κ3) is 3.40. The molecule has 8 heteroatoms. The predicted octanol–water partition coefficient (Wildman–Crippen LogP) is 3.19. The largest absolute Gasteiger partial charge is 0.399 e. The van der Waals surface area contributed by atoms with Crippen molar-refractivity contribution in [2.45, 2.75) is 13.0 Å². The van der Waals surface area contributed by atoms with E-state index in [4.69, 9.17) is 11.5 Å². The standard InChI is InChI=1S/C22H19N7O/c1-12(27-21-14(10-23)11-26-22(25)29-21)18-19(13-5-4-6-15(24)9-13)28-17-8-3-2-7-16(17)20(18)30/h2-9,11-12H,24H2,1H3,(H,28,30)(H3,25,26,27,29). The summed E-state index contributed by atoms with van der Waals surface area (Å²) in [6, 6.07) is 16.2. The molecule has 1 unspecified atom stereocenters. The van der Waals surface area contributed by atoms with Crippen LogP contribution in [0, 0.1) is 11.3 Å². The molecule has 2 aromatic carbocycles. The highest BCUT2D eigenvalue weighted by molar-refractivity contribution is 5.84. The topological polar surface area (TPSA) is 146 Å². The average molecular weight is 397 g/mol. The SMILES string of the molecule is CC(Nc1nc(N)ncc1C#N)c1c(-c2cccc(N)c2)[nH]c2ccccc2c1=O. The van der Waals surface area contributed by atoms with E-state index in [9.17, 15) is 10.1 Å². The third-order valence-corrected chi connectivity index (χ3v) is 4.83. The summed E-state index contributed by atoms with van der Waals surface area (Å²) in [7, 11) is 0. The molecule has 0 fully saturated rings. The Morgan fingerprint density at radius 1 is 1.17 bits per heavy atom. The Bertz CT molecular complexity index is 1350. The van der Waals surface area contributed by atoms with Crippen LogP contribution in [-0.4, -0.2) is 15.0 Å². The number of aromatic amines is 1. The molecule has 0 aliphatic heterocycles. The van der Waals surface area contributed by atoms with Crippen molar-refractivity contribution in [1.29, 1.82) is 5.26 Å². The van der Waals surface area contributed by atoms with Crippen molar-refractivity contribution < 1.29 is 0 Å². The van der Waals surface area contributed by atoms with Gasteiger partial charge < -0.3 is 21.8 Å². The monoisotopic (exact) mass is 397 g/mol. The number of hydrogen-bond donors (Lipinski definition) is 4. The lowest BCUT2D eigenvalue weighted by Crippen LogP contribution is -2.21. The highest BCUT2D eigenvalue weighted by Crippen LogP contribution is 2.29. The molecular weight excluding hydrogens is 378 g/mol. The van der Waals surface area contributed by atoms with E-state index in [2.05, 4.69) is 20.3 Å². The van der Waals surface area contributed by atoms with E-state index in [1.807, 2.05) is 43.3 Å². The number of nitrogens with one attached hydrogen (secondary N) is 2. The molecule has 4 aromatic rings. The molecule has 4 rings (SSSR count). The van der Waals surface area contributed by atoms with Crippen LogP contribution >= 0.6 is 0 Å². The normalized spacial score (nSPS) is 11.7. The summed E-state index contributed by atoms with van der Waals surface area (Å²) in [5.41, 5.74) is 15.0. The van der Waals surface area contributed by atoms with Crippen LogP contribution in [0.5, 0.6) is 0 Å². The highest BCUT2D eigenvalue weighted by Gasteiger charge is 2.21. The minimum Gasteiger partial charge on any atom is -0.399 e. The molecule has 30 heavy (non-hydrogen) atoms. The van der Waals surface area contributed by atoms with Gasteiger partial charge in [0.1, 0.15) is 17.5 Å². The molecule has 0 amide bonds. The van der Waals surface area contributed by atoms with E-state index in [1.54, 1.807) is 18.2 Å². The Labute approximate surface area is 172 Å². The molecule has 0 aliphatic carbocycles. The summed E-state index contributed by atoms with van der Waals surface area (Å²) < 4.78 is 0. The van der Waals surface area contributed by atoms with Crippen molar-refractivity contribution in [3.8, 4) is 17.3 Å². The molecule has 2 heterocycles. The van der Waals surface area contributed by atoms with Gasteiger partial charge in [0, 0.05) is 27.7 Å². The van der Waals surface area contributed by atoms with Crippen molar-refractivity contribution in [2.75, 3.05) is 16.8 Å². The fraction of sp³-hybridized carbons (Fsp3) is 0.0909. The number of aromatic nitrogens is 3. The van der Waals surface area contributed by atoms with Gasteiger partial charge in [0.15, 0.2) is 5.43 Å². The smallest absolute Gasteiger partial charge is 0.222 e. The highest BCUT2D eigenvalue weighted by atomic mass is 16.1. The maximum absolute atomic E-state index is 13.4. The van der Waals surface area contributed by atoms with Crippen LogP contribution in [0.3, 0.4) is 0 Å². The summed E-state index contributed by atoms with van der Waals surface area (Å²) in [5.74, 6) is 0.302. The number of nitrogens with zero attached hydrogens (tertiary/aromatic N) is 3. The molecule has 0 bridgehead atoms. The molecule has 0 saturated carbocycles. The van der Waals surface area contributed by atoms with Crippen LogP contribution in [0.2, 0.25) is 0 Å². The number of hydrogen-bond acceptors (Lipinski definition) is 7. The molecule has 0 aliphatic rings. The summed E-state index contributed by atoms with van der Waals surface area (Å²) in [5, 5.41) is 13.1. The maximum Gasteiger partial charge on any atom is 0.222 e. The number of nitriles is 1. The predicted molar refractivity (Wildman–Crippen MR) is 118 cm³/mol. The lowest BCUT2D eigenvalue weighted by Gasteiger charge is -2.20. The third-order valence-electron chi connectivity index (χ3n) is 4.83. The number of H-pyrrole nitrogens is 1. The van der Waals surface area contributed by atoms with Crippen molar-refractivity contribution in [3.05, 3.63) is 76.1 Å². The summed E-state index contributed by atoms with van der Waals surface area (Å²) in [6.07, 6.45) is 1.35. The first-order valence-corrected chi connectivity index (χ1v) is 9.28. The zero-order valence-electron chi connectivity index (χ0n) is 16.2. The molecule has 2 aromatic heterocycles. The van der Waals surface area contributed by atoms with Gasteiger partial charge in [-0.15, -0.1) is 0 Å². The zero-order valence-corrected chi connectivity index (χ0v) is 16.2. The van der Waals surface area contributed by atoms with Gasteiger partial charge in [-0.1, -0.05) is 24.3 Å². The fourth-order valence-electron chi connectivity index (χ4n) is 3.45. The number of pyridine rings is 1. The number of para-hydroxylation sites is 1. The number of nitrogen functional groups attached to an aromatic ring is 2. The zero-order chi connectivity index (χ0) is 21.3. The van der Waals surface area contributed by atoms with Gasteiger partial charge in [0.25, 0.3) is 0 Å². The summed E-state index contributed by atoms with van der Waals surface area (Å²) in [4.78, 5) is 24.8. The number of benzene rings is 2. The second-order valence-electron chi connectivity index (χ2n) is 6.88. The van der Waals surface area contributed by atoms with E-state index in [0.717, 1.165) is 11.1 Å². The van der Waals surface area contributed by atoms with Crippen LogP contribution in [0.4, 0.5) is 17.5 Å². The van der Waals surface area contributed by atoms with E-state index in [1.165, 1.54) is 6.20 Å². The van der Waals surface area contributed by atoms with E-state index in [-0.39, 0.29) is 22.8 Å². The van der Waals surface area contributed by atoms with Gasteiger partial charge in [-0.25, -0.2) is 4.98 Å². The molecule has 6 N–H and O–H groups in total. The summed E-state index contributed by atoms with van der Waals surface area (Å²) in [6.45, 7) is 1.83. The Balaban J connectivity index is 1.92. The van der Waals surface area contributed by atoms with Gasteiger partial charge in [0.2, 0.25) is 5.95 Å². The van der Waals surface area contributed by atoms with Crippen LogP contribution < -0.4 is 22.2 Å². The minimum atomic E-state index is -0.490. The molecule has 0 radical (unpaired) electrons. The van der Waals surface area contributed by atoms with E-state index in [0.29, 0.717) is 22.3 Å². The minimum absolute atomic E-state index is 0.0344. The molecule has 8 nitrogen and oxygen atoms in total. The number of rotatable bonds is 4. The number of anilines is 3. The van der Waals surface area contributed by atoms with Crippen molar-refractivity contribution in [3.63, 3.8) is 0 Å². The quantitative estimate of drug-likeness (QED) is 0.387. The Morgan fingerprint density at radius 2 is 1.97 bits per heavy atom. The van der Waals surface area contributed by atoms with Crippen molar-refractivity contribution in [1.82, 2.24) is 15.0 Å². The van der Waals surface area contributed by atoms with Crippen molar-refractivity contribution >= 4 is 28.4 Å². The Kier molecular flexibility index (Phi) is 4.78. The lowest BCUT2D eigenvalue weighted by atomic mass is 9.97. The van der Waals surface area contributed by atoms with Gasteiger partial charge in [-0.2, -0.15) is 10.2 Å². The summed E-state index contributed by atoms with van der Waals surface area (Å²) >= 11 is 0. The van der Waals surface area contributed by atoms with Crippen LogP contribution in [0.1, 0.15) is 24.1 Å². The van der Waals surface area contributed by atoms with Crippen molar-refractivity contribution in [2.24, 2.45) is 0 Å². The first-order chi connectivity index (χ1) is 14.5. The molecule has 148 valence electrons. The molecule has 0 spiro atoms. The first kappa shape index (κ1) is 19.0. The second-order valence-corrected chi connectivity index (χ2v) is 6.88. The first-order valence-electron chi connectivity index (χ1n) is 9.28. The Morgan fingerprint density at radius 3 is 2.73 bits per heavy atom. The van der Waals surface area contributed by atoms with Gasteiger partial charge >= 0.3 is 0 Å². The van der Waals surface area contributed by atoms with Crippen LogP contribution in [-0.2, 0) is 0 Å². The molecule has 0 saturated heterocycles. The van der Waals surface area contributed by atoms with Gasteiger partial charge in [-0.05, 0) is 31.2 Å². The molecular formula is C22H19N7O. The average Bonchev–Trinajstić information content (AvgIpc) is 2.74. The fourth-order valence-corrected chi connectivity index (χ4v) is 3.45. The number of fused-ring (bicyclic) bond motifs is 1. The van der Waals surface area contributed by atoms with Gasteiger partial charge in [0.05, 0.1) is 17.9 Å². The van der Waals surface area contributed by atoms with Crippen LogP contribution in [0.15, 0.2) is 59.5 Å². The van der Waals surface area contributed by atoms with Crippen LogP contribution in [0.25, 0.3) is 22.2 Å². The lowest BCUT2D eigenvalue weighted by molar-refractivity contribution is 0.862.